The van der Waals surface area contributed by atoms with Crippen LogP contribution in [0.1, 0.15) is 24.3 Å². The quantitative estimate of drug-likeness (QED) is 0.704. The van der Waals surface area contributed by atoms with Crippen LogP contribution in [0, 0.1) is 12.8 Å². The Balaban J connectivity index is 1.87. The van der Waals surface area contributed by atoms with Crippen LogP contribution < -0.4 is 0 Å². The molecule has 0 aromatic carbocycles. The van der Waals surface area contributed by atoms with E-state index in [9.17, 15) is 4.79 Å². The molecule has 1 aromatic heterocycles. The second-order valence-corrected chi connectivity index (χ2v) is 4.10. The molecular weight excluding hydrogens is 192 g/mol. The Labute approximate surface area is 89.3 Å². The normalized spacial score (nSPS) is 19.3. The molecule has 4 heteroatoms. The second kappa shape index (κ2) is 4.57. The van der Waals surface area contributed by atoms with Crippen molar-refractivity contribution in [1.29, 1.82) is 0 Å². The van der Waals surface area contributed by atoms with Crippen LogP contribution in [-0.2, 0) is 11.3 Å². The van der Waals surface area contributed by atoms with Gasteiger partial charge in [-0.2, -0.15) is 0 Å². The zero-order valence-electron chi connectivity index (χ0n) is 8.98. The van der Waals surface area contributed by atoms with Crippen molar-refractivity contribution in [2.75, 3.05) is 13.1 Å². The Hall–Kier alpha value is -1.16. The lowest BCUT2D eigenvalue weighted by Crippen LogP contribution is -2.33. The summed E-state index contributed by atoms with van der Waals surface area (Å²) in [7, 11) is 0. The van der Waals surface area contributed by atoms with Gasteiger partial charge in [-0.05, 0) is 32.9 Å². The van der Waals surface area contributed by atoms with Crippen LogP contribution in [0.4, 0.5) is 0 Å². The van der Waals surface area contributed by atoms with Gasteiger partial charge < -0.3 is 9.21 Å². The van der Waals surface area contributed by atoms with Crippen LogP contribution in [-0.4, -0.2) is 29.3 Å². The monoisotopic (exact) mass is 208 g/mol. The number of oxazole rings is 1. The van der Waals surface area contributed by atoms with Crippen LogP contribution >= 0.6 is 0 Å². The van der Waals surface area contributed by atoms with Crippen molar-refractivity contribution in [3.8, 4) is 0 Å². The maximum absolute atomic E-state index is 10.6. The number of hydrogen-bond acceptors (Lipinski definition) is 4. The molecule has 0 atom stereocenters. The number of carbonyl (C=O) groups excluding carboxylic acids is 1. The van der Waals surface area contributed by atoms with Gasteiger partial charge in [-0.15, -0.1) is 0 Å². The van der Waals surface area contributed by atoms with Crippen molar-refractivity contribution in [3.63, 3.8) is 0 Å². The number of likely N-dealkylation sites (tertiary alicyclic amines) is 1. The highest BCUT2D eigenvalue weighted by Crippen LogP contribution is 2.17. The van der Waals surface area contributed by atoms with Crippen molar-refractivity contribution in [2.24, 2.45) is 5.92 Å². The summed E-state index contributed by atoms with van der Waals surface area (Å²) in [5, 5.41) is 0. The molecule has 0 spiro atoms. The highest BCUT2D eigenvalue weighted by molar-refractivity contribution is 5.53. The molecule has 4 nitrogen and oxygen atoms in total. The van der Waals surface area contributed by atoms with Gasteiger partial charge in [0.2, 0.25) is 0 Å². The summed E-state index contributed by atoms with van der Waals surface area (Å²) in [5.41, 5.74) is 1.01. The molecule has 0 radical (unpaired) electrons. The Kier molecular flexibility index (Phi) is 3.16. The van der Waals surface area contributed by atoms with Gasteiger partial charge in [0.1, 0.15) is 12.0 Å². The minimum absolute atomic E-state index is 0.264. The molecule has 0 N–H and O–H groups in total. The number of carbonyl (C=O) groups is 1. The van der Waals surface area contributed by atoms with Gasteiger partial charge in [0.25, 0.3) is 0 Å². The topological polar surface area (TPSA) is 46.3 Å². The lowest BCUT2D eigenvalue weighted by atomic mass is 9.98. The fraction of sp³-hybridized carbons (Fsp3) is 0.636. The lowest BCUT2D eigenvalue weighted by Gasteiger charge is -2.28. The van der Waals surface area contributed by atoms with Crippen molar-refractivity contribution in [3.05, 3.63) is 17.8 Å². The minimum Gasteiger partial charge on any atom is -0.448 e. The average molecular weight is 208 g/mol. The van der Waals surface area contributed by atoms with Crippen LogP contribution in [0.25, 0.3) is 0 Å². The Bertz CT molecular complexity index is 327. The van der Waals surface area contributed by atoms with Crippen LogP contribution in [0.3, 0.4) is 0 Å². The summed E-state index contributed by atoms with van der Waals surface area (Å²) in [6.45, 7) is 4.74. The van der Waals surface area contributed by atoms with Crippen molar-refractivity contribution in [1.82, 2.24) is 9.88 Å². The molecule has 0 unspecified atom stereocenters. The summed E-state index contributed by atoms with van der Waals surface area (Å²) >= 11 is 0. The van der Waals surface area contributed by atoms with E-state index in [1.807, 2.05) is 6.92 Å². The molecule has 15 heavy (non-hydrogen) atoms. The predicted molar refractivity (Wildman–Crippen MR) is 55.3 cm³/mol. The number of rotatable bonds is 3. The SMILES string of the molecule is Cc1ocnc1CN1CCC(C=O)CC1. The van der Waals surface area contributed by atoms with E-state index < -0.39 is 0 Å². The maximum atomic E-state index is 10.6. The third-order valence-corrected chi connectivity index (χ3v) is 3.04. The predicted octanol–water partition coefficient (Wildman–Crippen LogP) is 1.39. The fourth-order valence-electron chi connectivity index (χ4n) is 1.94. The van der Waals surface area contributed by atoms with Gasteiger partial charge in [-0.25, -0.2) is 4.98 Å². The van der Waals surface area contributed by atoms with E-state index in [0.717, 1.165) is 50.2 Å². The van der Waals surface area contributed by atoms with Crippen molar-refractivity contribution in [2.45, 2.75) is 26.3 Å². The molecule has 1 aliphatic heterocycles. The summed E-state index contributed by atoms with van der Waals surface area (Å²) in [6, 6.07) is 0. The first-order chi connectivity index (χ1) is 7.29. The first-order valence-electron chi connectivity index (χ1n) is 5.36. The number of piperidine rings is 1. The van der Waals surface area contributed by atoms with E-state index in [-0.39, 0.29) is 5.92 Å². The molecule has 1 fully saturated rings. The third-order valence-electron chi connectivity index (χ3n) is 3.04. The van der Waals surface area contributed by atoms with E-state index >= 15 is 0 Å². The Morgan fingerprint density at radius 3 is 2.87 bits per heavy atom. The zero-order valence-corrected chi connectivity index (χ0v) is 8.98. The first kappa shape index (κ1) is 10.4. The standard InChI is InChI=1S/C11H16N2O2/c1-9-11(12-8-15-9)6-13-4-2-10(7-14)3-5-13/h7-8,10H,2-6H2,1H3. The molecular formula is C11H16N2O2. The maximum Gasteiger partial charge on any atom is 0.181 e. The van der Waals surface area contributed by atoms with Crippen molar-refractivity contribution >= 4 is 6.29 Å². The molecule has 2 rings (SSSR count). The molecule has 0 amide bonds. The molecule has 1 aliphatic rings. The summed E-state index contributed by atoms with van der Waals surface area (Å²) < 4.78 is 5.15. The number of aryl methyl sites for hydroxylation is 1. The molecule has 82 valence electrons. The minimum atomic E-state index is 0.264. The second-order valence-electron chi connectivity index (χ2n) is 4.10. The summed E-state index contributed by atoms with van der Waals surface area (Å²) in [6.07, 6.45) is 4.52. The first-order valence-corrected chi connectivity index (χ1v) is 5.36. The third kappa shape index (κ3) is 2.45. The number of aromatic nitrogens is 1. The molecule has 0 saturated carbocycles. The van der Waals surface area contributed by atoms with Gasteiger partial charge in [-0.1, -0.05) is 0 Å². The number of nitrogens with zero attached hydrogens (tertiary/aromatic N) is 2. The molecule has 2 heterocycles. The largest absolute Gasteiger partial charge is 0.448 e. The van der Waals surface area contributed by atoms with E-state index in [0.29, 0.717) is 0 Å². The van der Waals surface area contributed by atoms with Crippen LogP contribution in [0.2, 0.25) is 0 Å². The molecule has 0 aliphatic carbocycles. The van der Waals surface area contributed by atoms with E-state index in [2.05, 4.69) is 9.88 Å². The zero-order chi connectivity index (χ0) is 10.7. The molecule has 1 aromatic rings. The van der Waals surface area contributed by atoms with Gasteiger partial charge in [-0.3, -0.25) is 4.90 Å². The lowest BCUT2D eigenvalue weighted by molar-refractivity contribution is -0.112. The van der Waals surface area contributed by atoms with Gasteiger partial charge in [0.15, 0.2) is 6.39 Å². The molecule has 1 saturated heterocycles. The smallest absolute Gasteiger partial charge is 0.181 e. The average Bonchev–Trinajstić information content (AvgIpc) is 2.66. The van der Waals surface area contributed by atoms with E-state index in [4.69, 9.17) is 4.42 Å². The molecule has 0 bridgehead atoms. The van der Waals surface area contributed by atoms with Gasteiger partial charge in [0, 0.05) is 12.5 Å². The Morgan fingerprint density at radius 1 is 1.60 bits per heavy atom. The summed E-state index contributed by atoms with van der Waals surface area (Å²) in [4.78, 5) is 17.1. The van der Waals surface area contributed by atoms with E-state index in [1.54, 1.807) is 0 Å². The Morgan fingerprint density at radius 2 is 2.33 bits per heavy atom. The highest BCUT2D eigenvalue weighted by Gasteiger charge is 2.19. The van der Waals surface area contributed by atoms with Crippen molar-refractivity contribution < 1.29 is 9.21 Å². The summed E-state index contributed by atoms with van der Waals surface area (Å²) in [5.74, 6) is 1.16. The van der Waals surface area contributed by atoms with E-state index in [1.165, 1.54) is 6.39 Å². The number of aldehydes is 1. The van der Waals surface area contributed by atoms with Gasteiger partial charge >= 0.3 is 0 Å². The van der Waals surface area contributed by atoms with Crippen LogP contribution in [0.5, 0.6) is 0 Å². The van der Waals surface area contributed by atoms with Gasteiger partial charge in [0.05, 0.1) is 5.69 Å². The fourth-order valence-corrected chi connectivity index (χ4v) is 1.94. The van der Waals surface area contributed by atoms with Crippen LogP contribution in [0.15, 0.2) is 10.8 Å². The number of hydrogen-bond donors (Lipinski definition) is 0. The highest BCUT2D eigenvalue weighted by atomic mass is 16.3.